The van der Waals surface area contributed by atoms with E-state index in [1.165, 1.54) is 6.92 Å². The van der Waals surface area contributed by atoms with Crippen LogP contribution in [0.4, 0.5) is 26.3 Å². The van der Waals surface area contributed by atoms with Gasteiger partial charge in [-0.15, -0.1) is 10.2 Å². The third-order valence-electron chi connectivity index (χ3n) is 2.82. The van der Waals surface area contributed by atoms with Gasteiger partial charge in [0, 0.05) is 12.6 Å². The largest absolute Gasteiger partial charge is 0.451 e. The zero-order valence-electron chi connectivity index (χ0n) is 9.68. The molecule has 0 saturated carbocycles. The quantitative estimate of drug-likeness (QED) is 0.807. The topological polar surface area (TPSA) is 42.7 Å². The van der Waals surface area contributed by atoms with E-state index >= 15 is 0 Å². The molecule has 0 spiro atoms. The summed E-state index contributed by atoms with van der Waals surface area (Å²) in [6, 6.07) is -1.97. The van der Waals surface area contributed by atoms with Crippen LogP contribution in [0.3, 0.4) is 0 Å². The first-order chi connectivity index (χ1) is 8.59. The van der Waals surface area contributed by atoms with Crippen LogP contribution in [-0.4, -0.2) is 27.5 Å². The maximum Gasteiger partial charge on any atom is 0.451 e. The molecule has 0 aromatic carbocycles. The molecule has 1 aromatic rings. The lowest BCUT2D eigenvalue weighted by atomic mass is 10.1. The van der Waals surface area contributed by atoms with Crippen LogP contribution in [-0.2, 0) is 6.18 Å². The Kier molecular flexibility index (Phi) is 3.23. The molecular formula is C9H10F6N4. The van der Waals surface area contributed by atoms with Crippen LogP contribution in [0.25, 0.3) is 0 Å². The molecule has 2 heterocycles. The molecule has 2 unspecified atom stereocenters. The Morgan fingerprint density at radius 2 is 1.84 bits per heavy atom. The first-order valence-electron chi connectivity index (χ1n) is 5.41. The number of nitrogens with zero attached hydrogens (tertiary/aromatic N) is 3. The zero-order valence-corrected chi connectivity index (χ0v) is 9.68. The summed E-state index contributed by atoms with van der Waals surface area (Å²) in [5.74, 6) is -1.59. The zero-order chi connectivity index (χ0) is 14.4. The molecule has 0 fully saturated rings. The maximum atomic E-state index is 12.7. The third kappa shape index (κ3) is 2.82. The molecule has 4 nitrogen and oxygen atoms in total. The van der Waals surface area contributed by atoms with Crippen LogP contribution in [0, 0.1) is 0 Å². The highest BCUT2D eigenvalue weighted by Crippen LogP contribution is 2.36. The van der Waals surface area contributed by atoms with Crippen LogP contribution in [0.1, 0.15) is 37.1 Å². The van der Waals surface area contributed by atoms with E-state index in [1.54, 1.807) is 0 Å². The van der Waals surface area contributed by atoms with Crippen molar-refractivity contribution in [1.29, 1.82) is 0 Å². The van der Waals surface area contributed by atoms with E-state index in [0.717, 1.165) is 4.57 Å². The summed E-state index contributed by atoms with van der Waals surface area (Å²) in [6.07, 6.45) is -10.5. The number of hydrogen-bond donors (Lipinski definition) is 1. The van der Waals surface area contributed by atoms with Gasteiger partial charge in [0.15, 0.2) is 5.82 Å². The number of aromatic nitrogens is 3. The summed E-state index contributed by atoms with van der Waals surface area (Å²) in [6.45, 7) is 1.45. The predicted molar refractivity (Wildman–Crippen MR) is 51.2 cm³/mol. The Bertz CT molecular complexity index is 462. The van der Waals surface area contributed by atoms with E-state index in [0.29, 0.717) is 0 Å². The predicted octanol–water partition coefficient (Wildman–Crippen LogP) is 2.45. The smallest absolute Gasteiger partial charge is 0.305 e. The minimum atomic E-state index is -4.74. The Labute approximate surface area is 103 Å². The first-order valence-corrected chi connectivity index (χ1v) is 5.41. The number of rotatable bonds is 1. The number of alkyl halides is 6. The van der Waals surface area contributed by atoms with Crippen molar-refractivity contribution < 1.29 is 26.3 Å². The van der Waals surface area contributed by atoms with Crippen molar-refractivity contribution in [3.8, 4) is 0 Å². The van der Waals surface area contributed by atoms with Gasteiger partial charge in [0.05, 0.1) is 12.5 Å². The van der Waals surface area contributed by atoms with Crippen molar-refractivity contribution >= 4 is 0 Å². The molecular weight excluding hydrogens is 278 g/mol. The van der Waals surface area contributed by atoms with Crippen molar-refractivity contribution in [2.24, 2.45) is 0 Å². The van der Waals surface area contributed by atoms with Gasteiger partial charge >= 0.3 is 12.4 Å². The van der Waals surface area contributed by atoms with Gasteiger partial charge in [0.2, 0.25) is 5.82 Å². The van der Waals surface area contributed by atoms with Crippen LogP contribution >= 0.6 is 0 Å². The fourth-order valence-electron chi connectivity index (χ4n) is 2.06. The lowest BCUT2D eigenvalue weighted by Gasteiger charge is -2.30. The average Bonchev–Trinajstić information content (AvgIpc) is 2.65. The van der Waals surface area contributed by atoms with Gasteiger partial charge in [-0.25, -0.2) is 0 Å². The molecule has 0 aliphatic carbocycles. The summed E-state index contributed by atoms with van der Waals surface area (Å²) < 4.78 is 75.8. The molecule has 19 heavy (non-hydrogen) atoms. The SMILES string of the molecule is CC1CNC(CC(F)(F)F)c2nnc(C(F)(F)F)n21. The van der Waals surface area contributed by atoms with Crippen molar-refractivity contribution in [3.63, 3.8) is 0 Å². The minimum absolute atomic E-state index is 0.00509. The van der Waals surface area contributed by atoms with Gasteiger partial charge in [-0.05, 0) is 6.92 Å². The Balaban J connectivity index is 2.40. The third-order valence-corrected chi connectivity index (χ3v) is 2.82. The van der Waals surface area contributed by atoms with Crippen LogP contribution in [0.5, 0.6) is 0 Å². The van der Waals surface area contributed by atoms with E-state index in [-0.39, 0.29) is 12.4 Å². The van der Waals surface area contributed by atoms with E-state index < -0.39 is 36.7 Å². The Morgan fingerprint density at radius 3 is 2.37 bits per heavy atom. The molecule has 1 aliphatic rings. The summed E-state index contributed by atoms with van der Waals surface area (Å²) in [5, 5.41) is 8.79. The van der Waals surface area contributed by atoms with Crippen molar-refractivity contribution in [2.75, 3.05) is 6.54 Å². The fraction of sp³-hybridized carbons (Fsp3) is 0.778. The lowest BCUT2D eigenvalue weighted by Crippen LogP contribution is -2.39. The van der Waals surface area contributed by atoms with Crippen molar-refractivity contribution in [3.05, 3.63) is 11.6 Å². The number of fused-ring (bicyclic) bond motifs is 1. The van der Waals surface area contributed by atoms with Gasteiger partial charge in [0.25, 0.3) is 0 Å². The average molecular weight is 288 g/mol. The second kappa shape index (κ2) is 4.36. The van der Waals surface area contributed by atoms with Gasteiger partial charge in [0.1, 0.15) is 0 Å². The molecule has 2 atom stereocenters. The van der Waals surface area contributed by atoms with Gasteiger partial charge in [-0.1, -0.05) is 0 Å². The van der Waals surface area contributed by atoms with E-state index in [2.05, 4.69) is 15.5 Å². The van der Waals surface area contributed by atoms with Crippen molar-refractivity contribution in [2.45, 2.75) is 37.8 Å². The highest BCUT2D eigenvalue weighted by Gasteiger charge is 2.44. The summed E-state index contributed by atoms with van der Waals surface area (Å²) in [4.78, 5) is 0. The first kappa shape index (κ1) is 14.1. The summed E-state index contributed by atoms with van der Waals surface area (Å²) >= 11 is 0. The Hall–Kier alpha value is -1.32. The van der Waals surface area contributed by atoms with Crippen molar-refractivity contribution in [1.82, 2.24) is 20.1 Å². The van der Waals surface area contributed by atoms with Crippen LogP contribution in [0.2, 0.25) is 0 Å². The van der Waals surface area contributed by atoms with E-state index in [9.17, 15) is 26.3 Å². The second-order valence-corrected chi connectivity index (χ2v) is 4.38. The lowest BCUT2D eigenvalue weighted by molar-refractivity contribution is -0.149. The van der Waals surface area contributed by atoms with E-state index in [4.69, 9.17) is 0 Å². The number of nitrogens with one attached hydrogen (secondary N) is 1. The molecule has 0 bridgehead atoms. The summed E-state index contributed by atoms with van der Waals surface area (Å²) in [5.41, 5.74) is 0. The minimum Gasteiger partial charge on any atom is -0.305 e. The Morgan fingerprint density at radius 1 is 1.21 bits per heavy atom. The fourth-order valence-corrected chi connectivity index (χ4v) is 2.06. The molecule has 0 saturated heterocycles. The molecule has 1 N–H and O–H groups in total. The molecule has 10 heteroatoms. The molecule has 2 rings (SSSR count). The maximum absolute atomic E-state index is 12.7. The molecule has 108 valence electrons. The van der Waals surface area contributed by atoms with Gasteiger partial charge in [-0.3, -0.25) is 0 Å². The monoisotopic (exact) mass is 288 g/mol. The molecule has 1 aromatic heterocycles. The summed E-state index contributed by atoms with van der Waals surface area (Å²) in [7, 11) is 0. The number of halogens is 6. The molecule has 0 amide bonds. The highest BCUT2D eigenvalue weighted by molar-refractivity contribution is 5.09. The molecule has 1 aliphatic heterocycles. The van der Waals surface area contributed by atoms with E-state index in [1.807, 2.05) is 0 Å². The second-order valence-electron chi connectivity index (χ2n) is 4.38. The van der Waals surface area contributed by atoms with Crippen LogP contribution < -0.4 is 5.32 Å². The van der Waals surface area contributed by atoms with Gasteiger partial charge in [-0.2, -0.15) is 26.3 Å². The van der Waals surface area contributed by atoms with Gasteiger partial charge < -0.3 is 9.88 Å². The standard InChI is InChI=1S/C9H10F6N4/c1-4-3-16-5(2-8(10,11)12)6-17-18-7(19(4)6)9(13,14)15/h4-5,16H,2-3H2,1H3. The highest BCUT2D eigenvalue weighted by atomic mass is 19.4. The molecule has 0 radical (unpaired) electrons. The number of hydrogen-bond acceptors (Lipinski definition) is 3. The normalized spacial score (nSPS) is 24.4. The van der Waals surface area contributed by atoms with Crippen LogP contribution in [0.15, 0.2) is 0 Å².